The maximum Gasteiger partial charge on any atom is 0.250 e. The van der Waals surface area contributed by atoms with Crippen LogP contribution in [0.5, 0.6) is 5.75 Å². The van der Waals surface area contributed by atoms with Crippen LogP contribution < -0.4 is 4.43 Å². The Morgan fingerprint density at radius 2 is 1.57 bits per heavy atom. The number of benzene rings is 2. The van der Waals surface area contributed by atoms with Gasteiger partial charge in [0.2, 0.25) is 8.32 Å². The van der Waals surface area contributed by atoms with E-state index < -0.39 is 8.32 Å². The molecule has 0 aliphatic rings. The van der Waals surface area contributed by atoms with Crippen LogP contribution in [0, 0.1) is 0 Å². The van der Waals surface area contributed by atoms with Crippen molar-refractivity contribution in [3.05, 3.63) is 42.0 Å². The summed E-state index contributed by atoms with van der Waals surface area (Å²) in [7, 11) is -1.82. The average Bonchev–Trinajstić information content (AvgIpc) is 2.36. The molecule has 0 N–H and O–H groups in total. The SMILES string of the molecule is CC(=O)c1ccc2cc(O[Si](C)(C)C(C)(C)C)ccc2c1. The van der Waals surface area contributed by atoms with E-state index in [1.807, 2.05) is 30.3 Å². The van der Waals surface area contributed by atoms with Crippen molar-refractivity contribution >= 4 is 24.9 Å². The van der Waals surface area contributed by atoms with Crippen LogP contribution in [-0.4, -0.2) is 14.1 Å². The second kappa shape index (κ2) is 5.30. The molecule has 112 valence electrons. The maximum absolute atomic E-state index is 11.4. The third-order valence-electron chi connectivity index (χ3n) is 4.40. The smallest absolute Gasteiger partial charge is 0.250 e. The number of ketones is 1. The molecule has 0 fully saturated rings. The first-order valence-electron chi connectivity index (χ1n) is 7.34. The van der Waals surface area contributed by atoms with Crippen LogP contribution in [0.1, 0.15) is 38.1 Å². The van der Waals surface area contributed by atoms with Crippen molar-refractivity contribution in [3.8, 4) is 5.75 Å². The third-order valence-corrected chi connectivity index (χ3v) is 8.76. The summed E-state index contributed by atoms with van der Waals surface area (Å²) in [5.74, 6) is 1.02. The van der Waals surface area contributed by atoms with Gasteiger partial charge in [0.05, 0.1) is 0 Å². The Balaban J connectivity index is 2.36. The fraction of sp³-hybridized carbons (Fsp3) is 0.389. The highest BCUT2D eigenvalue weighted by molar-refractivity contribution is 6.74. The second-order valence-electron chi connectivity index (χ2n) is 7.14. The molecule has 2 rings (SSSR count). The number of carbonyl (C=O) groups is 1. The van der Waals surface area contributed by atoms with Crippen molar-refractivity contribution in [1.82, 2.24) is 0 Å². The van der Waals surface area contributed by atoms with E-state index in [0.29, 0.717) is 0 Å². The Bertz CT molecular complexity index is 681. The molecule has 2 aromatic rings. The van der Waals surface area contributed by atoms with E-state index >= 15 is 0 Å². The van der Waals surface area contributed by atoms with E-state index in [0.717, 1.165) is 22.1 Å². The molecule has 0 amide bonds. The van der Waals surface area contributed by atoms with Crippen LogP contribution in [-0.2, 0) is 0 Å². The first-order valence-corrected chi connectivity index (χ1v) is 10.2. The maximum atomic E-state index is 11.4. The molecule has 0 radical (unpaired) electrons. The normalized spacial score (nSPS) is 12.5. The highest BCUT2D eigenvalue weighted by Gasteiger charge is 2.38. The number of hydrogen-bond donors (Lipinski definition) is 0. The molecule has 0 aliphatic heterocycles. The summed E-state index contributed by atoms with van der Waals surface area (Å²) >= 11 is 0. The molecule has 0 aromatic heterocycles. The van der Waals surface area contributed by atoms with Gasteiger partial charge in [-0.3, -0.25) is 4.79 Å². The van der Waals surface area contributed by atoms with Crippen LogP contribution in [0.4, 0.5) is 0 Å². The Labute approximate surface area is 128 Å². The number of rotatable bonds is 3. The van der Waals surface area contributed by atoms with E-state index in [1.54, 1.807) is 6.92 Å². The largest absolute Gasteiger partial charge is 0.543 e. The first kappa shape index (κ1) is 15.8. The fourth-order valence-electron chi connectivity index (χ4n) is 1.95. The van der Waals surface area contributed by atoms with E-state index in [-0.39, 0.29) is 10.8 Å². The second-order valence-corrected chi connectivity index (χ2v) is 11.9. The lowest BCUT2D eigenvalue weighted by atomic mass is 10.0. The lowest BCUT2D eigenvalue weighted by molar-refractivity contribution is 0.101. The molecule has 21 heavy (non-hydrogen) atoms. The van der Waals surface area contributed by atoms with E-state index in [2.05, 4.69) is 39.9 Å². The highest BCUT2D eigenvalue weighted by Crippen LogP contribution is 2.37. The third kappa shape index (κ3) is 3.35. The molecule has 0 aliphatic carbocycles. The monoisotopic (exact) mass is 300 g/mol. The lowest BCUT2D eigenvalue weighted by Crippen LogP contribution is -2.43. The van der Waals surface area contributed by atoms with Crippen LogP contribution in [0.25, 0.3) is 10.8 Å². The van der Waals surface area contributed by atoms with Crippen molar-refractivity contribution in [2.75, 3.05) is 0 Å². The van der Waals surface area contributed by atoms with Gasteiger partial charge in [0, 0.05) is 5.56 Å². The number of Topliss-reactive ketones (excluding diaryl/α,β-unsaturated/α-hetero) is 1. The summed E-state index contributed by atoms with van der Waals surface area (Å²) in [6, 6.07) is 11.9. The predicted octanol–water partition coefficient (Wildman–Crippen LogP) is 5.43. The van der Waals surface area contributed by atoms with Crippen LogP contribution in [0.3, 0.4) is 0 Å². The van der Waals surface area contributed by atoms with E-state index in [9.17, 15) is 4.79 Å². The molecule has 0 atom stereocenters. The van der Waals surface area contributed by atoms with Crippen molar-refractivity contribution < 1.29 is 9.22 Å². The van der Waals surface area contributed by atoms with E-state index in [4.69, 9.17) is 4.43 Å². The van der Waals surface area contributed by atoms with Crippen LogP contribution >= 0.6 is 0 Å². The average molecular weight is 300 g/mol. The number of carbonyl (C=O) groups excluding carboxylic acids is 1. The highest BCUT2D eigenvalue weighted by atomic mass is 28.4. The zero-order valence-corrected chi connectivity index (χ0v) is 14.8. The lowest BCUT2D eigenvalue weighted by Gasteiger charge is -2.36. The first-order chi connectivity index (χ1) is 9.60. The number of fused-ring (bicyclic) bond motifs is 1. The van der Waals surface area contributed by atoms with Crippen LogP contribution in [0.15, 0.2) is 36.4 Å². The van der Waals surface area contributed by atoms with Gasteiger partial charge in [-0.05, 0) is 54.0 Å². The predicted molar refractivity (Wildman–Crippen MR) is 91.8 cm³/mol. The quantitative estimate of drug-likeness (QED) is 0.558. The zero-order valence-electron chi connectivity index (χ0n) is 13.8. The summed E-state index contributed by atoms with van der Waals surface area (Å²) in [4.78, 5) is 11.4. The van der Waals surface area contributed by atoms with Gasteiger partial charge in [0.1, 0.15) is 5.75 Å². The van der Waals surface area contributed by atoms with Gasteiger partial charge >= 0.3 is 0 Å². The van der Waals surface area contributed by atoms with Crippen molar-refractivity contribution in [3.63, 3.8) is 0 Å². The fourth-order valence-corrected chi connectivity index (χ4v) is 2.98. The minimum Gasteiger partial charge on any atom is -0.543 e. The van der Waals surface area contributed by atoms with E-state index in [1.165, 1.54) is 0 Å². The van der Waals surface area contributed by atoms with Crippen molar-refractivity contribution in [2.45, 2.75) is 45.8 Å². The van der Waals surface area contributed by atoms with Gasteiger partial charge in [-0.1, -0.05) is 39.0 Å². The standard InChI is InChI=1S/C18H24O2Si/c1-13(19)14-7-8-16-12-17(10-9-15(16)11-14)20-21(5,6)18(2,3)4/h7-12H,1-6H3. The Kier molecular flexibility index (Phi) is 3.98. The molecule has 2 aromatic carbocycles. The topological polar surface area (TPSA) is 26.3 Å². The summed E-state index contributed by atoms with van der Waals surface area (Å²) < 4.78 is 6.32. The minimum atomic E-state index is -1.82. The van der Waals surface area contributed by atoms with Gasteiger partial charge in [-0.2, -0.15) is 0 Å². The molecule has 0 bridgehead atoms. The van der Waals surface area contributed by atoms with Gasteiger partial charge in [0.25, 0.3) is 0 Å². The molecular formula is C18H24O2Si. The van der Waals surface area contributed by atoms with Gasteiger partial charge in [0.15, 0.2) is 5.78 Å². The van der Waals surface area contributed by atoms with Crippen LogP contribution in [0.2, 0.25) is 18.1 Å². The molecule has 0 spiro atoms. The molecule has 0 heterocycles. The van der Waals surface area contributed by atoms with Gasteiger partial charge < -0.3 is 4.43 Å². The molecule has 3 heteroatoms. The Morgan fingerprint density at radius 3 is 2.14 bits per heavy atom. The van der Waals surface area contributed by atoms with Gasteiger partial charge in [-0.15, -0.1) is 0 Å². The molecule has 0 unspecified atom stereocenters. The number of hydrogen-bond acceptors (Lipinski definition) is 2. The Hall–Kier alpha value is -1.61. The van der Waals surface area contributed by atoms with Gasteiger partial charge in [-0.25, -0.2) is 0 Å². The summed E-state index contributed by atoms with van der Waals surface area (Å²) in [6.45, 7) is 12.8. The minimum absolute atomic E-state index is 0.0958. The summed E-state index contributed by atoms with van der Waals surface area (Å²) in [5.41, 5.74) is 0.751. The summed E-state index contributed by atoms with van der Waals surface area (Å²) in [5, 5.41) is 2.36. The summed E-state index contributed by atoms with van der Waals surface area (Å²) in [6.07, 6.45) is 0. The molecule has 2 nitrogen and oxygen atoms in total. The molecular weight excluding hydrogens is 276 g/mol. The van der Waals surface area contributed by atoms with Crippen molar-refractivity contribution in [2.24, 2.45) is 0 Å². The molecule has 0 saturated carbocycles. The zero-order chi connectivity index (χ0) is 15.8. The molecule has 0 saturated heterocycles. The Morgan fingerprint density at radius 1 is 1.00 bits per heavy atom. The van der Waals surface area contributed by atoms with Crippen molar-refractivity contribution in [1.29, 1.82) is 0 Å².